The number of carbonyl (C=O) groups is 1. The normalized spacial score (nSPS) is 18.8. The first kappa shape index (κ1) is 23.9. The van der Waals surface area contributed by atoms with Gasteiger partial charge in [-0.25, -0.2) is 4.98 Å². The highest BCUT2D eigenvalue weighted by Crippen LogP contribution is 2.39. The first-order valence-electron chi connectivity index (χ1n) is 10.7. The third-order valence-corrected chi connectivity index (χ3v) is 6.27. The van der Waals surface area contributed by atoms with Gasteiger partial charge in [-0.1, -0.05) is 0 Å². The van der Waals surface area contributed by atoms with Crippen molar-refractivity contribution in [2.75, 3.05) is 22.9 Å². The Balaban J connectivity index is 1.63. The molecule has 3 heterocycles. The van der Waals surface area contributed by atoms with Crippen molar-refractivity contribution >= 4 is 34.6 Å². The largest absolute Gasteiger partial charge is 0.474 e. The summed E-state index contributed by atoms with van der Waals surface area (Å²) >= 11 is 5.53. The summed E-state index contributed by atoms with van der Waals surface area (Å²) in [6.07, 6.45) is -1.41. The molecule has 1 aromatic heterocycles. The van der Waals surface area contributed by atoms with E-state index in [1.165, 1.54) is 18.3 Å². The third kappa shape index (κ3) is 4.31. The Morgan fingerprint density at radius 1 is 1.21 bits per heavy atom. The Morgan fingerprint density at radius 2 is 1.88 bits per heavy atom. The van der Waals surface area contributed by atoms with E-state index < -0.39 is 28.7 Å². The number of nitriles is 1. The Labute approximate surface area is 200 Å². The van der Waals surface area contributed by atoms with Crippen molar-refractivity contribution < 1.29 is 22.7 Å². The van der Waals surface area contributed by atoms with Crippen LogP contribution in [0.4, 0.5) is 24.5 Å². The second-order valence-electron chi connectivity index (χ2n) is 8.58. The maximum atomic E-state index is 13.5. The summed E-state index contributed by atoms with van der Waals surface area (Å²) in [4.78, 5) is 20.2. The van der Waals surface area contributed by atoms with Crippen molar-refractivity contribution in [1.82, 2.24) is 10.3 Å². The molecule has 0 spiro atoms. The van der Waals surface area contributed by atoms with E-state index in [1.807, 2.05) is 0 Å². The van der Waals surface area contributed by atoms with Gasteiger partial charge in [-0.2, -0.15) is 18.4 Å². The smallest absolute Gasteiger partial charge is 0.417 e. The molecule has 34 heavy (non-hydrogen) atoms. The molecule has 2 aromatic rings. The number of anilines is 2. The lowest BCUT2D eigenvalue weighted by Crippen LogP contribution is -2.44. The van der Waals surface area contributed by atoms with Crippen LogP contribution in [0.5, 0.6) is 5.88 Å². The van der Waals surface area contributed by atoms with Crippen LogP contribution in [0.3, 0.4) is 0 Å². The number of nitrogens with zero attached hydrogens (tertiary/aromatic N) is 4. The number of benzene rings is 1. The van der Waals surface area contributed by atoms with Crippen LogP contribution in [0.2, 0.25) is 0 Å². The van der Waals surface area contributed by atoms with Crippen LogP contribution in [0, 0.1) is 11.3 Å². The van der Waals surface area contributed by atoms with Crippen molar-refractivity contribution in [1.29, 1.82) is 5.26 Å². The van der Waals surface area contributed by atoms with Crippen LogP contribution in [-0.2, 0) is 11.0 Å². The highest BCUT2D eigenvalue weighted by Gasteiger charge is 2.50. The topological polar surface area (TPSA) is 81.5 Å². The fraction of sp³-hybridized carbons (Fsp3) is 0.391. The van der Waals surface area contributed by atoms with Crippen LogP contribution in [0.25, 0.3) is 0 Å². The molecule has 0 saturated carbocycles. The first-order valence-corrected chi connectivity index (χ1v) is 11.1. The number of ether oxygens (including phenoxy) is 1. The van der Waals surface area contributed by atoms with Crippen LogP contribution in [-0.4, -0.2) is 40.7 Å². The molecule has 11 heteroatoms. The Morgan fingerprint density at radius 3 is 2.47 bits per heavy atom. The molecule has 178 valence electrons. The number of halogens is 3. The summed E-state index contributed by atoms with van der Waals surface area (Å²) < 4.78 is 46.3. The molecule has 2 fully saturated rings. The molecule has 0 atom stereocenters. The zero-order valence-electron chi connectivity index (χ0n) is 18.5. The molecule has 2 aliphatic rings. The number of carbonyl (C=O) groups excluding carboxylic acids is 1. The van der Waals surface area contributed by atoms with Crippen molar-refractivity contribution in [2.45, 2.75) is 44.5 Å². The fourth-order valence-corrected chi connectivity index (χ4v) is 4.64. The zero-order chi connectivity index (χ0) is 24.7. The molecule has 0 aliphatic carbocycles. The first-order chi connectivity index (χ1) is 16.0. The molecule has 1 amide bonds. The predicted molar refractivity (Wildman–Crippen MR) is 124 cm³/mol. The van der Waals surface area contributed by atoms with Gasteiger partial charge in [-0.05, 0) is 76.3 Å². The molecule has 7 nitrogen and oxygen atoms in total. The van der Waals surface area contributed by atoms with Crippen molar-refractivity contribution in [3.63, 3.8) is 0 Å². The predicted octanol–water partition coefficient (Wildman–Crippen LogP) is 4.02. The van der Waals surface area contributed by atoms with Gasteiger partial charge in [0.05, 0.1) is 34.8 Å². The molecular formula is C23H22F3N5O2S. The number of hydrogen-bond donors (Lipinski definition) is 1. The van der Waals surface area contributed by atoms with E-state index in [0.29, 0.717) is 11.6 Å². The fourth-order valence-electron chi connectivity index (χ4n) is 4.12. The van der Waals surface area contributed by atoms with E-state index >= 15 is 0 Å². The summed E-state index contributed by atoms with van der Waals surface area (Å²) in [6.45, 7) is 5.02. The van der Waals surface area contributed by atoms with Crippen LogP contribution >= 0.6 is 12.2 Å². The number of rotatable bonds is 4. The van der Waals surface area contributed by atoms with Gasteiger partial charge in [-0.3, -0.25) is 9.69 Å². The van der Waals surface area contributed by atoms with E-state index in [1.54, 1.807) is 30.9 Å². The van der Waals surface area contributed by atoms with Gasteiger partial charge in [0.2, 0.25) is 5.88 Å². The molecule has 0 unspecified atom stereocenters. The zero-order valence-corrected chi connectivity index (χ0v) is 19.3. The van der Waals surface area contributed by atoms with Gasteiger partial charge >= 0.3 is 6.18 Å². The summed E-state index contributed by atoms with van der Waals surface area (Å²) in [5.41, 5.74) is -2.38. The van der Waals surface area contributed by atoms with Crippen molar-refractivity contribution in [3.8, 4) is 11.9 Å². The third-order valence-electron chi connectivity index (χ3n) is 5.91. The highest BCUT2D eigenvalue weighted by molar-refractivity contribution is 7.81. The molecule has 0 radical (unpaired) electrons. The maximum absolute atomic E-state index is 13.5. The van der Waals surface area contributed by atoms with Crippen LogP contribution < -0.4 is 19.9 Å². The quantitative estimate of drug-likeness (QED) is 0.650. The van der Waals surface area contributed by atoms with Crippen molar-refractivity contribution in [3.05, 3.63) is 47.7 Å². The van der Waals surface area contributed by atoms with E-state index in [2.05, 4.69) is 10.3 Å². The van der Waals surface area contributed by atoms with Gasteiger partial charge in [0.25, 0.3) is 5.91 Å². The number of piperidine rings is 1. The minimum absolute atomic E-state index is 0.0154. The van der Waals surface area contributed by atoms with Gasteiger partial charge in [0.1, 0.15) is 11.6 Å². The molecule has 2 aliphatic heterocycles. The Kier molecular flexibility index (Phi) is 6.22. The van der Waals surface area contributed by atoms with E-state index in [4.69, 9.17) is 22.2 Å². The van der Waals surface area contributed by atoms with E-state index in [0.717, 1.165) is 43.0 Å². The molecule has 0 bridgehead atoms. The number of pyridine rings is 1. The van der Waals surface area contributed by atoms with Gasteiger partial charge in [-0.15, -0.1) is 0 Å². The highest BCUT2D eigenvalue weighted by atomic mass is 32.1. The van der Waals surface area contributed by atoms with E-state index in [-0.39, 0.29) is 16.9 Å². The summed E-state index contributed by atoms with van der Waals surface area (Å²) in [5.74, 6) is -0.0472. The molecular weight excluding hydrogens is 467 g/mol. The van der Waals surface area contributed by atoms with Gasteiger partial charge in [0, 0.05) is 6.07 Å². The average molecular weight is 490 g/mol. The number of amides is 1. The number of alkyl halides is 3. The minimum Gasteiger partial charge on any atom is -0.474 e. The van der Waals surface area contributed by atoms with Crippen LogP contribution in [0.1, 0.15) is 37.8 Å². The lowest BCUT2D eigenvalue weighted by molar-refractivity contribution is -0.137. The molecule has 4 rings (SSSR count). The SMILES string of the molecule is CC1(C)C(=O)N(c2ccc(C#N)c(C(F)(F)F)c2)C(=S)N1c1ccc(OC2CCNCC2)nc1. The summed E-state index contributed by atoms with van der Waals surface area (Å²) in [5, 5.41) is 12.3. The summed E-state index contributed by atoms with van der Waals surface area (Å²) in [7, 11) is 0. The molecule has 2 saturated heterocycles. The second-order valence-corrected chi connectivity index (χ2v) is 8.94. The van der Waals surface area contributed by atoms with Crippen molar-refractivity contribution in [2.24, 2.45) is 0 Å². The monoisotopic (exact) mass is 489 g/mol. The number of aromatic nitrogens is 1. The lowest BCUT2D eigenvalue weighted by atomic mass is 10.0. The molecule has 1 aromatic carbocycles. The maximum Gasteiger partial charge on any atom is 0.417 e. The number of thiocarbonyl (C=S) groups is 1. The van der Waals surface area contributed by atoms with E-state index in [9.17, 15) is 18.0 Å². The second kappa shape index (κ2) is 8.85. The summed E-state index contributed by atoms with van der Waals surface area (Å²) in [6, 6.07) is 8.04. The minimum atomic E-state index is -4.76. The number of hydrogen-bond acceptors (Lipinski definition) is 6. The van der Waals surface area contributed by atoms with Gasteiger partial charge < -0.3 is 15.0 Å². The molecule has 1 N–H and O–H groups in total. The average Bonchev–Trinajstić information content (AvgIpc) is 2.98. The standard InChI is InChI=1S/C23H22F3N5O2S/c1-22(2)20(32)30(15-4-3-14(12-27)18(11-15)23(24,25)26)21(34)31(22)16-5-6-19(29-13-16)33-17-7-9-28-10-8-17/h3-6,11,13,17,28H,7-10H2,1-2H3. The Bertz CT molecular complexity index is 1150. The Hall–Kier alpha value is -3.23. The lowest BCUT2D eigenvalue weighted by Gasteiger charge is -2.29. The van der Waals surface area contributed by atoms with Gasteiger partial charge in [0.15, 0.2) is 5.11 Å². The van der Waals surface area contributed by atoms with Crippen LogP contribution in [0.15, 0.2) is 36.5 Å². The number of nitrogens with one attached hydrogen (secondary N) is 1.